The van der Waals surface area contributed by atoms with Gasteiger partial charge in [-0.25, -0.2) is 4.99 Å². The van der Waals surface area contributed by atoms with Gasteiger partial charge in [-0.2, -0.15) is 0 Å². The Morgan fingerprint density at radius 2 is 2.00 bits per heavy atom. The molecule has 0 unspecified atom stereocenters. The van der Waals surface area contributed by atoms with Crippen molar-refractivity contribution in [2.45, 2.75) is 47.0 Å². The highest BCUT2D eigenvalue weighted by Crippen LogP contribution is 2.39. The van der Waals surface area contributed by atoms with Crippen molar-refractivity contribution in [3.05, 3.63) is 23.1 Å². The van der Waals surface area contributed by atoms with E-state index in [0.29, 0.717) is 0 Å². The second-order valence-corrected chi connectivity index (χ2v) is 4.48. The Morgan fingerprint density at radius 3 is 2.53 bits per heavy atom. The van der Waals surface area contributed by atoms with Crippen LogP contribution in [-0.2, 0) is 0 Å². The van der Waals surface area contributed by atoms with E-state index in [1.807, 2.05) is 6.92 Å². The molecule has 1 rings (SSSR count). The molecule has 0 spiro atoms. The van der Waals surface area contributed by atoms with E-state index in [1.54, 1.807) is 6.21 Å². The minimum atomic E-state index is 0.0720. The standard InChI is InChI=1S/C13H21NO/c1-5-13(4,6-2)11-8-7-10(3)9-14-12(11)15/h7,9,15H,5-6,8H2,1-4H3. The molecule has 0 radical (unpaired) electrons. The van der Waals surface area contributed by atoms with Crippen molar-refractivity contribution in [3.63, 3.8) is 0 Å². The molecule has 1 aliphatic rings. The first-order valence-electron chi connectivity index (χ1n) is 5.67. The summed E-state index contributed by atoms with van der Waals surface area (Å²) in [6, 6.07) is 0. The van der Waals surface area contributed by atoms with Crippen molar-refractivity contribution < 1.29 is 5.11 Å². The molecule has 2 nitrogen and oxygen atoms in total. The van der Waals surface area contributed by atoms with Gasteiger partial charge in [0.1, 0.15) is 0 Å². The van der Waals surface area contributed by atoms with Gasteiger partial charge >= 0.3 is 0 Å². The first-order valence-corrected chi connectivity index (χ1v) is 5.67. The summed E-state index contributed by atoms with van der Waals surface area (Å²) in [6.45, 7) is 8.53. The summed E-state index contributed by atoms with van der Waals surface area (Å²) < 4.78 is 0. The monoisotopic (exact) mass is 207 g/mol. The minimum Gasteiger partial charge on any atom is -0.493 e. The molecule has 2 heteroatoms. The fourth-order valence-electron chi connectivity index (χ4n) is 1.84. The molecule has 0 saturated heterocycles. The van der Waals surface area contributed by atoms with Crippen LogP contribution in [0, 0.1) is 5.41 Å². The summed E-state index contributed by atoms with van der Waals surface area (Å²) in [5, 5.41) is 9.91. The van der Waals surface area contributed by atoms with Gasteiger partial charge in [0.25, 0.3) is 0 Å². The largest absolute Gasteiger partial charge is 0.493 e. The Morgan fingerprint density at radius 1 is 1.40 bits per heavy atom. The summed E-state index contributed by atoms with van der Waals surface area (Å²) in [5.74, 6) is 0.217. The molecular weight excluding hydrogens is 186 g/mol. The van der Waals surface area contributed by atoms with Crippen LogP contribution in [0.4, 0.5) is 0 Å². The Bertz CT molecular complexity index is 319. The van der Waals surface area contributed by atoms with Crippen LogP contribution in [0.3, 0.4) is 0 Å². The van der Waals surface area contributed by atoms with E-state index in [9.17, 15) is 5.11 Å². The van der Waals surface area contributed by atoms with Gasteiger partial charge in [-0.1, -0.05) is 26.8 Å². The molecule has 1 heterocycles. The highest BCUT2D eigenvalue weighted by Gasteiger charge is 2.28. The van der Waals surface area contributed by atoms with Crippen LogP contribution >= 0.6 is 0 Å². The van der Waals surface area contributed by atoms with Crippen LogP contribution in [0.2, 0.25) is 0 Å². The second-order valence-electron chi connectivity index (χ2n) is 4.48. The Hall–Kier alpha value is -1.05. The molecule has 84 valence electrons. The molecule has 0 fully saturated rings. The zero-order valence-electron chi connectivity index (χ0n) is 10.2. The smallest absolute Gasteiger partial charge is 0.210 e. The molecule has 0 atom stereocenters. The van der Waals surface area contributed by atoms with Crippen molar-refractivity contribution in [1.82, 2.24) is 0 Å². The van der Waals surface area contributed by atoms with E-state index in [1.165, 1.54) is 0 Å². The fraction of sp³-hybridized carbons (Fsp3) is 0.615. The lowest BCUT2D eigenvalue weighted by Crippen LogP contribution is -2.18. The molecule has 15 heavy (non-hydrogen) atoms. The third-order valence-electron chi connectivity index (χ3n) is 3.58. The average molecular weight is 207 g/mol. The molecule has 0 aromatic heterocycles. The van der Waals surface area contributed by atoms with Gasteiger partial charge in [0.2, 0.25) is 5.88 Å². The number of nitrogens with zero attached hydrogens (tertiary/aromatic N) is 1. The Balaban J connectivity index is 3.08. The summed E-state index contributed by atoms with van der Waals surface area (Å²) in [6.07, 6.45) is 6.74. The van der Waals surface area contributed by atoms with Crippen molar-refractivity contribution in [2.75, 3.05) is 0 Å². The number of aliphatic hydroxyl groups is 1. The summed E-state index contributed by atoms with van der Waals surface area (Å²) >= 11 is 0. The van der Waals surface area contributed by atoms with Crippen LogP contribution in [0.25, 0.3) is 0 Å². The third-order valence-corrected chi connectivity index (χ3v) is 3.58. The topological polar surface area (TPSA) is 32.6 Å². The second kappa shape index (κ2) is 4.65. The van der Waals surface area contributed by atoms with Crippen molar-refractivity contribution in [3.8, 4) is 0 Å². The molecule has 0 aromatic carbocycles. The quantitative estimate of drug-likeness (QED) is 0.745. The maximum atomic E-state index is 9.91. The van der Waals surface area contributed by atoms with Gasteiger partial charge in [-0.05, 0) is 37.2 Å². The van der Waals surface area contributed by atoms with Crippen LogP contribution in [0.15, 0.2) is 28.1 Å². The fourth-order valence-corrected chi connectivity index (χ4v) is 1.84. The SMILES string of the molecule is CCC(C)(CC)C1=C(O)N=CC(C)=CC1. The highest BCUT2D eigenvalue weighted by atomic mass is 16.3. The molecule has 1 N–H and O–H groups in total. The Labute approximate surface area is 92.4 Å². The predicted molar refractivity (Wildman–Crippen MR) is 65.2 cm³/mol. The number of hydrogen-bond donors (Lipinski definition) is 1. The number of rotatable bonds is 3. The van der Waals surface area contributed by atoms with Crippen LogP contribution in [0.5, 0.6) is 0 Å². The minimum absolute atomic E-state index is 0.0720. The lowest BCUT2D eigenvalue weighted by atomic mass is 9.76. The van der Waals surface area contributed by atoms with Gasteiger partial charge in [0.05, 0.1) is 0 Å². The molecule has 0 bridgehead atoms. The summed E-state index contributed by atoms with van der Waals surface area (Å²) in [4.78, 5) is 4.09. The van der Waals surface area contributed by atoms with E-state index in [2.05, 4.69) is 31.8 Å². The van der Waals surface area contributed by atoms with Gasteiger partial charge in [-0.15, -0.1) is 0 Å². The maximum Gasteiger partial charge on any atom is 0.210 e. The van der Waals surface area contributed by atoms with E-state index in [4.69, 9.17) is 0 Å². The van der Waals surface area contributed by atoms with Crippen LogP contribution < -0.4 is 0 Å². The maximum absolute atomic E-state index is 9.91. The molecule has 1 aliphatic heterocycles. The van der Waals surface area contributed by atoms with Gasteiger partial charge in [0, 0.05) is 11.8 Å². The molecule has 0 aliphatic carbocycles. The summed E-state index contributed by atoms with van der Waals surface area (Å²) in [5.41, 5.74) is 2.26. The van der Waals surface area contributed by atoms with E-state index in [0.717, 1.165) is 30.4 Å². The van der Waals surface area contributed by atoms with Gasteiger partial charge in [-0.3, -0.25) is 0 Å². The molecule has 0 saturated carbocycles. The first kappa shape index (κ1) is 12.0. The number of hydrogen-bond acceptors (Lipinski definition) is 2. The van der Waals surface area contributed by atoms with Crippen molar-refractivity contribution in [2.24, 2.45) is 10.4 Å². The zero-order chi connectivity index (χ0) is 11.5. The van der Waals surface area contributed by atoms with Crippen LogP contribution in [0.1, 0.15) is 47.0 Å². The molecule has 0 aromatic rings. The lowest BCUT2D eigenvalue weighted by molar-refractivity contribution is 0.317. The van der Waals surface area contributed by atoms with E-state index < -0.39 is 0 Å². The van der Waals surface area contributed by atoms with E-state index >= 15 is 0 Å². The third kappa shape index (κ3) is 2.49. The lowest BCUT2D eigenvalue weighted by Gasteiger charge is -2.29. The molecule has 0 amide bonds. The predicted octanol–water partition coefficient (Wildman–Crippen LogP) is 4.00. The van der Waals surface area contributed by atoms with Crippen molar-refractivity contribution >= 4 is 6.21 Å². The number of aliphatic hydroxyl groups excluding tert-OH is 1. The highest BCUT2D eigenvalue weighted by molar-refractivity contribution is 5.79. The average Bonchev–Trinajstić information content (AvgIpc) is 2.41. The first-order chi connectivity index (χ1) is 7.03. The normalized spacial score (nSPS) is 17.7. The van der Waals surface area contributed by atoms with Crippen molar-refractivity contribution in [1.29, 1.82) is 0 Å². The summed E-state index contributed by atoms with van der Waals surface area (Å²) in [7, 11) is 0. The number of aliphatic imine (C=N–C) groups is 1. The number of allylic oxidation sites excluding steroid dienone is 3. The van der Waals surface area contributed by atoms with Crippen LogP contribution in [-0.4, -0.2) is 11.3 Å². The van der Waals surface area contributed by atoms with Gasteiger partial charge in [0.15, 0.2) is 0 Å². The zero-order valence-corrected chi connectivity index (χ0v) is 10.2. The Kier molecular flexibility index (Phi) is 3.72. The van der Waals surface area contributed by atoms with E-state index in [-0.39, 0.29) is 11.3 Å². The molecular formula is C13H21NO. The van der Waals surface area contributed by atoms with Gasteiger partial charge < -0.3 is 5.11 Å².